The quantitative estimate of drug-likeness (QED) is 0.540. The summed E-state index contributed by atoms with van der Waals surface area (Å²) in [5.41, 5.74) is 0.0473. The maximum Gasteiger partial charge on any atom is 0.254 e. The summed E-state index contributed by atoms with van der Waals surface area (Å²) in [6.45, 7) is 0.367. The lowest BCUT2D eigenvalue weighted by molar-refractivity contribution is 0.0764. The standard InChI is InChI=1S/C24H20ClF2NO5S/c25-19-9-15(24(31)28-7-6-17(29)12-28)10-22(23(19)30)34(32,33)13-16-8-18(21(27)11-20(16)26)14-4-2-1-3-5-14/h1-5,8-11,17,29-30H,6-7,12-13H2/t17-/m0/s1. The molecule has 34 heavy (non-hydrogen) atoms. The third kappa shape index (κ3) is 4.77. The van der Waals surface area contributed by atoms with Gasteiger partial charge in [-0.3, -0.25) is 4.79 Å². The molecule has 6 nitrogen and oxygen atoms in total. The van der Waals surface area contributed by atoms with Gasteiger partial charge < -0.3 is 15.1 Å². The molecule has 0 aliphatic carbocycles. The smallest absolute Gasteiger partial charge is 0.254 e. The second-order valence-electron chi connectivity index (χ2n) is 8.05. The summed E-state index contributed by atoms with van der Waals surface area (Å²) in [7, 11) is -4.41. The Kier molecular flexibility index (Phi) is 6.62. The fraction of sp³-hybridized carbons (Fsp3) is 0.208. The van der Waals surface area contributed by atoms with Crippen LogP contribution in [0.15, 0.2) is 59.5 Å². The minimum Gasteiger partial charge on any atom is -0.505 e. The first-order valence-electron chi connectivity index (χ1n) is 10.3. The molecule has 10 heteroatoms. The zero-order valence-electron chi connectivity index (χ0n) is 17.7. The van der Waals surface area contributed by atoms with E-state index in [1.807, 2.05) is 0 Å². The number of aliphatic hydroxyl groups excluding tert-OH is 1. The molecule has 1 saturated heterocycles. The summed E-state index contributed by atoms with van der Waals surface area (Å²) in [4.78, 5) is 13.5. The number of likely N-dealkylation sites (tertiary alicyclic amines) is 1. The number of sulfone groups is 1. The number of phenolic OH excluding ortho intramolecular Hbond substituents is 1. The van der Waals surface area contributed by atoms with Gasteiger partial charge in [0.1, 0.15) is 16.5 Å². The molecule has 1 aliphatic heterocycles. The molecule has 3 aromatic rings. The molecule has 178 valence electrons. The van der Waals surface area contributed by atoms with Crippen molar-refractivity contribution in [3.63, 3.8) is 0 Å². The van der Waals surface area contributed by atoms with Gasteiger partial charge >= 0.3 is 0 Å². The minimum atomic E-state index is -4.41. The molecule has 0 aromatic heterocycles. The normalized spacial score (nSPS) is 16.1. The van der Waals surface area contributed by atoms with Gasteiger partial charge in [0.2, 0.25) is 0 Å². The van der Waals surface area contributed by atoms with Crippen molar-refractivity contribution in [2.75, 3.05) is 13.1 Å². The average molecular weight is 508 g/mol. The highest BCUT2D eigenvalue weighted by atomic mass is 35.5. The molecule has 1 amide bonds. The van der Waals surface area contributed by atoms with Crippen LogP contribution in [-0.4, -0.2) is 48.6 Å². The predicted molar refractivity (Wildman–Crippen MR) is 122 cm³/mol. The maximum absolute atomic E-state index is 14.5. The van der Waals surface area contributed by atoms with E-state index in [9.17, 15) is 32.2 Å². The molecule has 0 unspecified atom stereocenters. The van der Waals surface area contributed by atoms with Gasteiger partial charge in [-0.05, 0) is 30.2 Å². The number of halogens is 3. The maximum atomic E-state index is 14.5. The van der Waals surface area contributed by atoms with E-state index in [0.717, 1.165) is 18.2 Å². The van der Waals surface area contributed by atoms with Crippen LogP contribution in [-0.2, 0) is 15.6 Å². The van der Waals surface area contributed by atoms with E-state index in [2.05, 4.69) is 0 Å². The van der Waals surface area contributed by atoms with Crippen molar-refractivity contribution < 1.29 is 32.2 Å². The van der Waals surface area contributed by atoms with Crippen molar-refractivity contribution >= 4 is 27.3 Å². The molecule has 1 heterocycles. The molecule has 0 bridgehead atoms. The molecular weight excluding hydrogens is 488 g/mol. The van der Waals surface area contributed by atoms with Gasteiger partial charge in [0.05, 0.1) is 16.9 Å². The van der Waals surface area contributed by atoms with Crippen LogP contribution in [0, 0.1) is 11.6 Å². The number of β-amino-alcohol motifs (C(OH)–C–C–N with tert-alkyl or cyclic N) is 1. The van der Waals surface area contributed by atoms with Crippen molar-refractivity contribution in [1.29, 1.82) is 0 Å². The number of nitrogens with zero attached hydrogens (tertiary/aromatic N) is 1. The van der Waals surface area contributed by atoms with Crippen LogP contribution >= 0.6 is 11.6 Å². The second kappa shape index (κ2) is 9.32. The first-order valence-corrected chi connectivity index (χ1v) is 12.4. The Labute approximate surface area is 199 Å². The molecular formula is C24H20ClF2NO5S. The topological polar surface area (TPSA) is 94.9 Å². The van der Waals surface area contributed by atoms with Gasteiger partial charge in [-0.2, -0.15) is 0 Å². The first kappa shape index (κ1) is 24.1. The number of phenols is 1. The molecule has 4 rings (SSSR count). The van der Waals surface area contributed by atoms with Crippen LogP contribution in [0.1, 0.15) is 22.3 Å². The highest BCUT2D eigenvalue weighted by molar-refractivity contribution is 7.90. The third-order valence-corrected chi connectivity index (χ3v) is 7.59. The van der Waals surface area contributed by atoms with E-state index in [0.29, 0.717) is 18.1 Å². The summed E-state index contributed by atoms with van der Waals surface area (Å²) in [6.07, 6.45) is -0.295. The van der Waals surface area contributed by atoms with Gasteiger partial charge in [-0.25, -0.2) is 17.2 Å². The zero-order valence-corrected chi connectivity index (χ0v) is 19.3. The van der Waals surface area contributed by atoms with E-state index in [1.54, 1.807) is 30.3 Å². The van der Waals surface area contributed by atoms with E-state index >= 15 is 0 Å². The molecule has 1 atom stereocenters. The monoisotopic (exact) mass is 507 g/mol. The Balaban J connectivity index is 1.72. The van der Waals surface area contributed by atoms with Crippen LogP contribution < -0.4 is 0 Å². The SMILES string of the molecule is O=C(c1cc(Cl)c(O)c(S(=O)(=O)Cc2cc(-c3ccccc3)c(F)cc2F)c1)N1CC[C@H](O)C1. The van der Waals surface area contributed by atoms with Gasteiger partial charge in [0.25, 0.3) is 5.91 Å². The number of amides is 1. The van der Waals surface area contributed by atoms with Gasteiger partial charge in [0.15, 0.2) is 15.6 Å². The average Bonchev–Trinajstić information content (AvgIpc) is 3.23. The molecule has 0 saturated carbocycles. The minimum absolute atomic E-state index is 0.0194. The van der Waals surface area contributed by atoms with E-state index in [4.69, 9.17) is 11.6 Å². The molecule has 2 N–H and O–H groups in total. The summed E-state index contributed by atoms with van der Waals surface area (Å²) in [5.74, 6) is -4.15. The fourth-order valence-corrected chi connectivity index (χ4v) is 5.64. The Hall–Kier alpha value is -3.01. The lowest BCUT2D eigenvalue weighted by Gasteiger charge is -2.17. The lowest BCUT2D eigenvalue weighted by atomic mass is 10.0. The number of carbonyl (C=O) groups excluding carboxylic acids is 1. The van der Waals surface area contributed by atoms with Crippen molar-refractivity contribution in [3.8, 4) is 16.9 Å². The fourth-order valence-electron chi connectivity index (χ4n) is 3.87. The number of carbonyl (C=O) groups is 1. The van der Waals surface area contributed by atoms with E-state index in [-0.39, 0.29) is 34.8 Å². The Morgan fingerprint density at radius 2 is 1.79 bits per heavy atom. The van der Waals surface area contributed by atoms with Crippen molar-refractivity contribution in [3.05, 3.63) is 82.4 Å². The predicted octanol–water partition coefficient (Wildman–Crippen LogP) is 4.17. The van der Waals surface area contributed by atoms with Crippen LogP contribution in [0.5, 0.6) is 5.75 Å². The van der Waals surface area contributed by atoms with Crippen molar-refractivity contribution in [2.24, 2.45) is 0 Å². The molecule has 0 radical (unpaired) electrons. The number of aromatic hydroxyl groups is 1. The van der Waals surface area contributed by atoms with E-state index in [1.165, 1.54) is 4.90 Å². The summed E-state index contributed by atoms with van der Waals surface area (Å²) >= 11 is 6.01. The number of rotatable bonds is 5. The number of benzene rings is 3. The van der Waals surface area contributed by atoms with Crippen molar-refractivity contribution in [1.82, 2.24) is 4.90 Å². The number of hydrogen-bond acceptors (Lipinski definition) is 5. The Morgan fingerprint density at radius 3 is 2.44 bits per heavy atom. The molecule has 1 fully saturated rings. The summed E-state index contributed by atoms with van der Waals surface area (Å²) < 4.78 is 55.3. The number of hydrogen-bond donors (Lipinski definition) is 2. The number of aliphatic hydroxyl groups is 1. The summed E-state index contributed by atoms with van der Waals surface area (Å²) in [5, 5.41) is 19.6. The van der Waals surface area contributed by atoms with Gasteiger partial charge in [0, 0.05) is 35.8 Å². The van der Waals surface area contributed by atoms with Crippen LogP contribution in [0.25, 0.3) is 11.1 Å². The zero-order chi connectivity index (χ0) is 24.6. The van der Waals surface area contributed by atoms with Crippen LogP contribution in [0.2, 0.25) is 5.02 Å². The van der Waals surface area contributed by atoms with Gasteiger partial charge in [-0.1, -0.05) is 41.9 Å². The van der Waals surface area contributed by atoms with Crippen LogP contribution in [0.4, 0.5) is 8.78 Å². The van der Waals surface area contributed by atoms with Gasteiger partial charge in [-0.15, -0.1) is 0 Å². The molecule has 3 aromatic carbocycles. The highest BCUT2D eigenvalue weighted by Crippen LogP contribution is 2.36. The highest BCUT2D eigenvalue weighted by Gasteiger charge is 2.29. The van der Waals surface area contributed by atoms with Crippen molar-refractivity contribution in [2.45, 2.75) is 23.2 Å². The first-order chi connectivity index (χ1) is 16.1. The second-order valence-corrected chi connectivity index (χ2v) is 10.4. The lowest BCUT2D eigenvalue weighted by Crippen LogP contribution is -2.29. The Morgan fingerprint density at radius 1 is 1.09 bits per heavy atom. The Bertz CT molecular complexity index is 1370. The largest absolute Gasteiger partial charge is 0.505 e. The van der Waals surface area contributed by atoms with Crippen LogP contribution in [0.3, 0.4) is 0 Å². The third-order valence-electron chi connectivity index (χ3n) is 5.63. The molecule has 0 spiro atoms. The van der Waals surface area contributed by atoms with E-state index < -0.39 is 49.9 Å². The molecule has 1 aliphatic rings. The summed E-state index contributed by atoms with van der Waals surface area (Å²) in [6, 6.07) is 12.1.